The molecule has 1 spiro atoms. The number of sulfone groups is 1. The number of hydrogen-bond donors (Lipinski definition) is 1. The molecule has 3 aliphatic rings. The van der Waals surface area contributed by atoms with Gasteiger partial charge in [0, 0.05) is 43.6 Å². The summed E-state index contributed by atoms with van der Waals surface area (Å²) in [5.74, 6) is 1.10. The van der Waals surface area contributed by atoms with Crippen molar-refractivity contribution in [2.24, 2.45) is 0 Å². The number of thioether (sulfide) groups is 1. The van der Waals surface area contributed by atoms with Gasteiger partial charge in [0.2, 0.25) is 5.91 Å². The molecule has 2 saturated heterocycles. The molecule has 1 saturated carbocycles. The van der Waals surface area contributed by atoms with Crippen LogP contribution in [0.25, 0.3) is 0 Å². The van der Waals surface area contributed by atoms with E-state index in [0.717, 1.165) is 25.3 Å². The first kappa shape index (κ1) is 16.6. The number of nitrogens with zero attached hydrogens (tertiary/aromatic N) is 1. The fraction of sp³-hybridized carbons (Fsp3) is 0.933. The van der Waals surface area contributed by atoms with Crippen molar-refractivity contribution in [3.05, 3.63) is 0 Å². The molecule has 3 fully saturated rings. The maximum absolute atomic E-state index is 12.0. The molecule has 22 heavy (non-hydrogen) atoms. The van der Waals surface area contributed by atoms with Crippen molar-refractivity contribution in [1.82, 2.24) is 10.2 Å². The lowest BCUT2D eigenvalue weighted by molar-refractivity contribution is -0.135. The zero-order chi connectivity index (χ0) is 15.8. The molecule has 126 valence electrons. The maximum atomic E-state index is 12.0. The van der Waals surface area contributed by atoms with Gasteiger partial charge in [0.1, 0.15) is 9.84 Å². The van der Waals surface area contributed by atoms with Gasteiger partial charge in [0.15, 0.2) is 0 Å². The lowest BCUT2D eigenvalue weighted by Gasteiger charge is -2.47. The summed E-state index contributed by atoms with van der Waals surface area (Å²) in [6.07, 6.45) is 7.78. The highest BCUT2D eigenvalue weighted by Crippen LogP contribution is 2.45. The van der Waals surface area contributed by atoms with Crippen LogP contribution in [-0.2, 0) is 14.6 Å². The van der Waals surface area contributed by atoms with Crippen LogP contribution in [0.2, 0.25) is 0 Å². The van der Waals surface area contributed by atoms with E-state index in [-0.39, 0.29) is 22.8 Å². The van der Waals surface area contributed by atoms with Crippen LogP contribution in [0.5, 0.6) is 0 Å². The monoisotopic (exact) mass is 346 g/mol. The van der Waals surface area contributed by atoms with E-state index in [1.54, 1.807) is 0 Å². The van der Waals surface area contributed by atoms with E-state index < -0.39 is 9.84 Å². The summed E-state index contributed by atoms with van der Waals surface area (Å²) in [6, 6.07) is 1.29. The third kappa shape index (κ3) is 3.97. The first-order valence-corrected chi connectivity index (χ1v) is 11.3. The molecule has 1 unspecified atom stereocenters. The summed E-state index contributed by atoms with van der Waals surface area (Å²) >= 11 is 1.99. The zero-order valence-corrected chi connectivity index (χ0v) is 14.8. The molecule has 2 heterocycles. The molecule has 0 aromatic rings. The lowest BCUT2D eigenvalue weighted by atomic mass is 9.91. The van der Waals surface area contributed by atoms with Crippen molar-refractivity contribution in [2.45, 2.75) is 55.4 Å². The quantitative estimate of drug-likeness (QED) is 0.806. The summed E-state index contributed by atoms with van der Waals surface area (Å²) in [5.41, 5.74) is 0. The smallest absolute Gasteiger partial charge is 0.223 e. The molecular formula is C15H26N2O3S2. The van der Waals surface area contributed by atoms with Gasteiger partial charge in [-0.1, -0.05) is 12.8 Å². The molecule has 0 bridgehead atoms. The molecule has 0 aromatic heterocycles. The maximum Gasteiger partial charge on any atom is 0.223 e. The second kappa shape index (κ2) is 6.32. The van der Waals surface area contributed by atoms with Gasteiger partial charge in [-0.25, -0.2) is 8.42 Å². The molecule has 1 amide bonds. The van der Waals surface area contributed by atoms with Crippen LogP contribution in [0.1, 0.15) is 38.5 Å². The average Bonchev–Trinajstić information content (AvgIpc) is 3.03. The summed E-state index contributed by atoms with van der Waals surface area (Å²) in [7, 11) is -3.05. The summed E-state index contributed by atoms with van der Waals surface area (Å²) in [4.78, 5) is 13.8. The van der Waals surface area contributed by atoms with Crippen LogP contribution in [0, 0.1) is 0 Å². The van der Waals surface area contributed by atoms with Gasteiger partial charge in [-0.15, -0.1) is 11.8 Å². The molecule has 7 heteroatoms. The molecule has 1 N–H and O–H groups in total. The normalized spacial score (nSPS) is 28.2. The number of carbonyl (C=O) groups excluding carboxylic acids is 1. The predicted octanol–water partition coefficient (Wildman–Crippen LogP) is 1.04. The van der Waals surface area contributed by atoms with Gasteiger partial charge in [-0.3, -0.25) is 4.79 Å². The number of nitrogens with one attached hydrogen (secondary N) is 1. The lowest BCUT2D eigenvalue weighted by Crippen LogP contribution is -2.61. The van der Waals surface area contributed by atoms with Gasteiger partial charge in [-0.05, 0) is 19.3 Å². The number of amides is 1. The molecule has 0 radical (unpaired) electrons. The third-order valence-electron chi connectivity index (χ3n) is 5.03. The van der Waals surface area contributed by atoms with E-state index in [1.807, 2.05) is 16.7 Å². The first-order valence-electron chi connectivity index (χ1n) is 8.21. The molecule has 2 aliphatic heterocycles. The van der Waals surface area contributed by atoms with Gasteiger partial charge in [0.05, 0.1) is 10.5 Å². The number of carbonyl (C=O) groups is 1. The van der Waals surface area contributed by atoms with Crippen molar-refractivity contribution in [3.63, 3.8) is 0 Å². The molecule has 5 nitrogen and oxygen atoms in total. The van der Waals surface area contributed by atoms with Gasteiger partial charge >= 0.3 is 0 Å². The van der Waals surface area contributed by atoms with Gasteiger partial charge < -0.3 is 10.2 Å². The highest BCUT2D eigenvalue weighted by molar-refractivity contribution is 8.01. The van der Waals surface area contributed by atoms with Crippen molar-refractivity contribution in [2.75, 3.05) is 30.9 Å². The Balaban J connectivity index is 1.41. The summed E-state index contributed by atoms with van der Waals surface area (Å²) < 4.78 is 22.5. The van der Waals surface area contributed by atoms with E-state index in [1.165, 1.54) is 31.9 Å². The van der Waals surface area contributed by atoms with Crippen LogP contribution in [0.15, 0.2) is 0 Å². The van der Waals surface area contributed by atoms with E-state index in [0.29, 0.717) is 12.1 Å². The van der Waals surface area contributed by atoms with Crippen LogP contribution in [-0.4, -0.2) is 66.9 Å². The summed E-state index contributed by atoms with van der Waals surface area (Å²) in [6.45, 7) is 1.59. The minimum atomic E-state index is -3.05. The third-order valence-corrected chi connectivity index (χ3v) is 7.59. The Morgan fingerprint density at radius 3 is 2.59 bits per heavy atom. The summed E-state index contributed by atoms with van der Waals surface area (Å²) in [5, 5.41) is 3.79. The fourth-order valence-electron chi connectivity index (χ4n) is 3.85. The largest absolute Gasteiger partial charge is 0.340 e. The second-order valence-electron chi connectivity index (χ2n) is 7.17. The van der Waals surface area contributed by atoms with Crippen molar-refractivity contribution in [1.29, 1.82) is 0 Å². The number of likely N-dealkylation sites (tertiary alicyclic amines) is 1. The molecule has 1 aliphatic carbocycles. The van der Waals surface area contributed by atoms with Crippen LogP contribution >= 0.6 is 11.8 Å². The van der Waals surface area contributed by atoms with Crippen LogP contribution < -0.4 is 5.32 Å². The standard InChI is InChI=1S/C15H26N2O3S2/c1-22(19,20)7-6-14(18)17-10-15(11-17)8-13(9-21-15)16-12-4-2-3-5-12/h12-13,16H,2-11H2,1H3. The minimum Gasteiger partial charge on any atom is -0.340 e. The second-order valence-corrected chi connectivity index (χ2v) is 10.9. The average molecular weight is 347 g/mol. The van der Waals surface area contributed by atoms with E-state index in [9.17, 15) is 13.2 Å². The molecule has 0 aromatic carbocycles. The Hall–Kier alpha value is -0.270. The topological polar surface area (TPSA) is 66.5 Å². The van der Waals surface area contributed by atoms with Crippen molar-refractivity contribution >= 4 is 27.5 Å². The van der Waals surface area contributed by atoms with E-state index in [2.05, 4.69) is 5.32 Å². The zero-order valence-electron chi connectivity index (χ0n) is 13.2. The highest BCUT2D eigenvalue weighted by Gasteiger charge is 2.50. The Kier molecular flexibility index (Phi) is 4.76. The van der Waals surface area contributed by atoms with Crippen molar-refractivity contribution in [3.8, 4) is 0 Å². The molecule has 1 atom stereocenters. The van der Waals surface area contributed by atoms with E-state index in [4.69, 9.17) is 0 Å². The Morgan fingerprint density at radius 1 is 1.27 bits per heavy atom. The first-order chi connectivity index (χ1) is 10.4. The SMILES string of the molecule is CS(=O)(=O)CCC(=O)N1CC2(CC(NC3CCCC3)CS2)C1. The number of rotatable bonds is 5. The number of hydrogen-bond acceptors (Lipinski definition) is 5. The van der Waals surface area contributed by atoms with Crippen LogP contribution in [0.3, 0.4) is 0 Å². The van der Waals surface area contributed by atoms with E-state index >= 15 is 0 Å². The predicted molar refractivity (Wildman–Crippen MR) is 89.9 cm³/mol. The van der Waals surface area contributed by atoms with Crippen LogP contribution in [0.4, 0.5) is 0 Å². The minimum absolute atomic E-state index is 0.0103. The Labute approximate surface area is 137 Å². The van der Waals surface area contributed by atoms with Gasteiger partial charge in [-0.2, -0.15) is 0 Å². The fourth-order valence-corrected chi connectivity index (χ4v) is 5.98. The van der Waals surface area contributed by atoms with Gasteiger partial charge in [0.25, 0.3) is 0 Å². The Morgan fingerprint density at radius 2 is 1.95 bits per heavy atom. The Bertz CT molecular complexity index is 523. The highest BCUT2D eigenvalue weighted by atomic mass is 32.2. The molecular weight excluding hydrogens is 320 g/mol. The molecule has 3 rings (SSSR count). The van der Waals surface area contributed by atoms with Crippen molar-refractivity contribution < 1.29 is 13.2 Å².